The van der Waals surface area contributed by atoms with E-state index in [0.717, 1.165) is 0 Å². The van der Waals surface area contributed by atoms with Crippen molar-refractivity contribution in [2.75, 3.05) is 6.54 Å². The van der Waals surface area contributed by atoms with Gasteiger partial charge in [0.1, 0.15) is 18.2 Å². The summed E-state index contributed by atoms with van der Waals surface area (Å²) in [5.74, 6) is -1.82. The quantitative estimate of drug-likeness (QED) is 0.679. The Bertz CT molecular complexity index is 362. The predicted molar refractivity (Wildman–Crippen MR) is 73.3 cm³/mol. The molecule has 0 saturated heterocycles. The number of carboxylic acid groups (broad SMARTS) is 1. The Morgan fingerprint density at radius 3 is 2.20 bits per heavy atom. The molecule has 0 saturated carbocycles. The van der Waals surface area contributed by atoms with Gasteiger partial charge in [-0.3, -0.25) is 9.59 Å². The van der Waals surface area contributed by atoms with Crippen molar-refractivity contribution < 1.29 is 24.2 Å². The lowest BCUT2D eigenvalue weighted by Gasteiger charge is -2.26. The van der Waals surface area contributed by atoms with Crippen molar-refractivity contribution in [3.63, 3.8) is 0 Å². The van der Waals surface area contributed by atoms with Crippen LogP contribution in [0.15, 0.2) is 0 Å². The van der Waals surface area contributed by atoms with Gasteiger partial charge in [0.25, 0.3) is 0 Å². The normalized spacial score (nSPS) is 14.1. The summed E-state index contributed by atoms with van der Waals surface area (Å²) >= 11 is 0. The first-order valence-electron chi connectivity index (χ1n) is 6.55. The van der Waals surface area contributed by atoms with E-state index in [9.17, 15) is 14.4 Å². The fourth-order valence-corrected chi connectivity index (χ4v) is 1.41. The van der Waals surface area contributed by atoms with Crippen LogP contribution < -0.4 is 10.6 Å². The highest BCUT2D eigenvalue weighted by atomic mass is 16.6. The molecule has 0 bridgehead atoms. The van der Waals surface area contributed by atoms with Crippen LogP contribution >= 0.6 is 0 Å². The van der Waals surface area contributed by atoms with Gasteiger partial charge in [-0.05, 0) is 26.7 Å². The van der Waals surface area contributed by atoms with Crippen LogP contribution in [0, 0.1) is 5.92 Å². The van der Waals surface area contributed by atoms with Crippen LogP contribution in [0.25, 0.3) is 0 Å². The third kappa shape index (κ3) is 7.60. The number of rotatable bonds is 6. The van der Waals surface area contributed by atoms with Crippen LogP contribution in [-0.2, 0) is 14.3 Å². The molecule has 0 heterocycles. The number of carbonyl (C=O) groups excluding carboxylic acids is 2. The van der Waals surface area contributed by atoms with Gasteiger partial charge in [-0.25, -0.2) is 4.79 Å². The summed E-state index contributed by atoms with van der Waals surface area (Å²) in [6.45, 7) is 8.34. The zero-order valence-corrected chi connectivity index (χ0v) is 12.6. The number of carbonyl (C=O) groups is 3. The van der Waals surface area contributed by atoms with Crippen molar-refractivity contribution in [3.05, 3.63) is 0 Å². The molecule has 2 atom stereocenters. The van der Waals surface area contributed by atoms with Crippen LogP contribution in [0.4, 0.5) is 4.79 Å². The molecule has 3 N–H and O–H groups in total. The van der Waals surface area contributed by atoms with E-state index in [1.54, 1.807) is 27.7 Å². The fraction of sp³-hybridized carbons (Fsp3) is 0.769. The molecule has 20 heavy (non-hydrogen) atoms. The van der Waals surface area contributed by atoms with Crippen molar-refractivity contribution >= 4 is 18.0 Å². The maximum absolute atomic E-state index is 11.9. The van der Waals surface area contributed by atoms with Gasteiger partial charge in [0.15, 0.2) is 0 Å². The monoisotopic (exact) mass is 288 g/mol. The third-order valence-electron chi connectivity index (χ3n) is 2.58. The first-order valence-corrected chi connectivity index (χ1v) is 6.55. The molecule has 0 aliphatic heterocycles. The molecule has 0 radical (unpaired) electrons. The average molecular weight is 288 g/mol. The van der Waals surface area contributed by atoms with Gasteiger partial charge >= 0.3 is 12.1 Å². The van der Waals surface area contributed by atoms with Gasteiger partial charge in [0.05, 0.1) is 0 Å². The molecule has 0 aliphatic rings. The standard InChI is InChI=1S/C13H24N2O5/c1-6-8(2)10(11(18)14-7-9(16)17)15-12(19)20-13(3,4)5/h8,10H,6-7H2,1-5H3,(H,14,18)(H,15,19)(H,16,17)/t8-,10+/m1/s1. The molecule has 2 amide bonds. The van der Waals surface area contributed by atoms with E-state index in [1.165, 1.54) is 0 Å². The van der Waals surface area contributed by atoms with Crippen molar-refractivity contribution in [2.45, 2.75) is 52.7 Å². The Balaban J connectivity index is 4.68. The number of alkyl carbamates (subject to hydrolysis) is 1. The summed E-state index contributed by atoms with van der Waals surface area (Å²) in [5.41, 5.74) is -0.665. The minimum absolute atomic E-state index is 0.142. The number of amides is 2. The number of ether oxygens (including phenoxy) is 1. The highest BCUT2D eigenvalue weighted by molar-refractivity contribution is 5.88. The Morgan fingerprint density at radius 1 is 1.25 bits per heavy atom. The maximum Gasteiger partial charge on any atom is 0.408 e. The summed E-state index contributed by atoms with van der Waals surface area (Å²) in [6, 6.07) is -0.825. The largest absolute Gasteiger partial charge is 0.480 e. The van der Waals surface area contributed by atoms with Gasteiger partial charge in [-0.1, -0.05) is 20.3 Å². The molecule has 0 rings (SSSR count). The number of carboxylic acids is 1. The van der Waals surface area contributed by atoms with Crippen molar-refractivity contribution in [3.8, 4) is 0 Å². The zero-order valence-electron chi connectivity index (χ0n) is 12.6. The minimum atomic E-state index is -1.14. The molecule has 0 aromatic heterocycles. The van der Waals surface area contributed by atoms with Gasteiger partial charge in [-0.2, -0.15) is 0 Å². The van der Waals surface area contributed by atoms with Crippen molar-refractivity contribution in [1.82, 2.24) is 10.6 Å². The summed E-state index contributed by atoms with van der Waals surface area (Å²) < 4.78 is 5.09. The molecule has 0 spiro atoms. The summed E-state index contributed by atoms with van der Waals surface area (Å²) in [4.78, 5) is 34.1. The molecular formula is C13H24N2O5. The summed E-state index contributed by atoms with van der Waals surface area (Å²) in [5, 5.41) is 13.3. The third-order valence-corrected chi connectivity index (χ3v) is 2.58. The highest BCUT2D eigenvalue weighted by Gasteiger charge is 2.28. The second-order valence-electron chi connectivity index (χ2n) is 5.62. The predicted octanol–water partition coefficient (Wildman–Crippen LogP) is 1.13. The molecule has 116 valence electrons. The smallest absolute Gasteiger partial charge is 0.408 e. The van der Waals surface area contributed by atoms with E-state index >= 15 is 0 Å². The lowest BCUT2D eigenvalue weighted by molar-refractivity contribution is -0.138. The first-order chi connectivity index (χ1) is 9.06. The molecule has 7 heteroatoms. The topological polar surface area (TPSA) is 105 Å². The summed E-state index contributed by atoms with van der Waals surface area (Å²) in [7, 11) is 0. The molecule has 0 aromatic rings. The van der Waals surface area contributed by atoms with Crippen molar-refractivity contribution in [2.24, 2.45) is 5.92 Å². The molecule has 0 unspecified atom stereocenters. The molecule has 0 aliphatic carbocycles. The fourth-order valence-electron chi connectivity index (χ4n) is 1.41. The van der Waals surface area contributed by atoms with Crippen molar-refractivity contribution in [1.29, 1.82) is 0 Å². The van der Waals surface area contributed by atoms with Gasteiger partial charge in [0, 0.05) is 0 Å². The Hall–Kier alpha value is -1.79. The van der Waals surface area contributed by atoms with Crippen LogP contribution in [0.5, 0.6) is 0 Å². The Kier molecular flexibility index (Phi) is 7.02. The molecule has 7 nitrogen and oxygen atoms in total. The van der Waals surface area contributed by atoms with Crippen LogP contribution in [-0.4, -0.2) is 41.3 Å². The zero-order chi connectivity index (χ0) is 15.9. The van der Waals surface area contributed by atoms with E-state index < -0.39 is 36.2 Å². The van der Waals surface area contributed by atoms with Crippen LogP contribution in [0.1, 0.15) is 41.0 Å². The Morgan fingerprint density at radius 2 is 1.80 bits per heavy atom. The van der Waals surface area contributed by atoms with E-state index in [1.807, 2.05) is 6.92 Å². The van der Waals surface area contributed by atoms with E-state index in [-0.39, 0.29) is 5.92 Å². The van der Waals surface area contributed by atoms with Gasteiger partial charge < -0.3 is 20.5 Å². The molecule has 0 fully saturated rings. The van der Waals surface area contributed by atoms with E-state index in [2.05, 4.69) is 10.6 Å². The molecular weight excluding hydrogens is 264 g/mol. The van der Waals surface area contributed by atoms with Crippen LogP contribution in [0.2, 0.25) is 0 Å². The summed E-state index contributed by atoms with van der Waals surface area (Å²) in [6.07, 6.45) is -0.0469. The Labute approximate surface area is 119 Å². The first kappa shape index (κ1) is 18.2. The lowest BCUT2D eigenvalue weighted by atomic mass is 9.98. The SMILES string of the molecule is CC[C@@H](C)[C@H](NC(=O)OC(C)(C)C)C(=O)NCC(=O)O. The van der Waals surface area contributed by atoms with Crippen LogP contribution in [0.3, 0.4) is 0 Å². The van der Waals surface area contributed by atoms with Gasteiger partial charge in [-0.15, -0.1) is 0 Å². The number of hydrogen-bond donors (Lipinski definition) is 3. The number of aliphatic carboxylic acids is 1. The minimum Gasteiger partial charge on any atom is -0.480 e. The average Bonchev–Trinajstić information content (AvgIpc) is 2.29. The lowest BCUT2D eigenvalue weighted by Crippen LogP contribution is -2.52. The van der Waals surface area contributed by atoms with E-state index in [4.69, 9.17) is 9.84 Å². The maximum atomic E-state index is 11.9. The highest BCUT2D eigenvalue weighted by Crippen LogP contribution is 2.11. The number of hydrogen-bond acceptors (Lipinski definition) is 4. The number of nitrogens with one attached hydrogen (secondary N) is 2. The van der Waals surface area contributed by atoms with Gasteiger partial charge in [0.2, 0.25) is 5.91 Å². The second kappa shape index (κ2) is 7.72. The second-order valence-corrected chi connectivity index (χ2v) is 5.62. The van der Waals surface area contributed by atoms with E-state index in [0.29, 0.717) is 6.42 Å². The molecule has 0 aromatic carbocycles.